The fraction of sp³-hybridized carbons (Fsp3) is 0.562. The minimum absolute atomic E-state index is 0.355. The molecule has 0 saturated carbocycles. The van der Waals surface area contributed by atoms with Crippen molar-refractivity contribution in [2.45, 2.75) is 19.4 Å². The maximum Gasteiger partial charge on any atom is 0.243 e. The Balaban J connectivity index is 3.08. The average molecular weight is 293 g/mol. The number of nitrogens with two attached hydrogens (primary N) is 1. The second kappa shape index (κ2) is 8.77. The van der Waals surface area contributed by atoms with E-state index in [9.17, 15) is 4.79 Å². The van der Waals surface area contributed by atoms with E-state index in [1.54, 1.807) is 7.11 Å². The van der Waals surface area contributed by atoms with Gasteiger partial charge in [-0.1, -0.05) is 44.2 Å². The van der Waals surface area contributed by atoms with Crippen molar-refractivity contribution < 1.29 is 9.53 Å². The van der Waals surface area contributed by atoms with Crippen LogP contribution in [0, 0.1) is 0 Å². The molecule has 1 atom stereocenters. The number of carbonyl (C=O) groups excluding carboxylic acids is 1. The Bertz CT molecular complexity index is 425. The number of rotatable bonds is 10. The van der Waals surface area contributed by atoms with Crippen LogP contribution < -0.4 is 11.1 Å². The van der Waals surface area contributed by atoms with E-state index in [1.807, 2.05) is 37.3 Å². The van der Waals surface area contributed by atoms with E-state index < -0.39 is 5.54 Å². The smallest absolute Gasteiger partial charge is 0.243 e. The molecule has 5 heteroatoms. The van der Waals surface area contributed by atoms with E-state index in [0.29, 0.717) is 19.7 Å². The minimum Gasteiger partial charge on any atom is -0.383 e. The third kappa shape index (κ3) is 4.52. The SMILES string of the molecule is CCNC(CN(CC)CCOC)(C(N)=O)c1ccccc1. The van der Waals surface area contributed by atoms with Crippen LogP contribution in [0.5, 0.6) is 0 Å². The first-order valence-electron chi connectivity index (χ1n) is 7.42. The molecule has 1 rings (SSSR count). The fourth-order valence-electron chi connectivity index (χ4n) is 2.49. The summed E-state index contributed by atoms with van der Waals surface area (Å²) in [6, 6.07) is 9.67. The molecule has 118 valence electrons. The summed E-state index contributed by atoms with van der Waals surface area (Å²) in [5.41, 5.74) is 5.79. The molecule has 0 bridgehead atoms. The molecule has 0 saturated heterocycles. The lowest BCUT2D eigenvalue weighted by Crippen LogP contribution is -2.59. The van der Waals surface area contributed by atoms with Gasteiger partial charge in [-0.15, -0.1) is 0 Å². The van der Waals surface area contributed by atoms with Crippen molar-refractivity contribution in [3.8, 4) is 0 Å². The van der Waals surface area contributed by atoms with Gasteiger partial charge in [-0.25, -0.2) is 0 Å². The standard InChI is InChI=1S/C16H27N3O2/c1-4-18-16(15(17)20,14-9-7-6-8-10-14)13-19(5-2)11-12-21-3/h6-10,18H,4-5,11-13H2,1-3H3,(H2,17,20). The van der Waals surface area contributed by atoms with Crippen molar-refractivity contribution >= 4 is 5.91 Å². The van der Waals surface area contributed by atoms with E-state index in [1.165, 1.54) is 0 Å². The first-order valence-corrected chi connectivity index (χ1v) is 7.42. The zero-order valence-corrected chi connectivity index (χ0v) is 13.3. The fourth-order valence-corrected chi connectivity index (χ4v) is 2.49. The van der Waals surface area contributed by atoms with Crippen LogP contribution in [0.3, 0.4) is 0 Å². The van der Waals surface area contributed by atoms with Crippen LogP contribution in [0.1, 0.15) is 19.4 Å². The third-order valence-electron chi connectivity index (χ3n) is 3.69. The van der Waals surface area contributed by atoms with Gasteiger partial charge in [0.1, 0.15) is 5.54 Å². The van der Waals surface area contributed by atoms with Crippen LogP contribution in [0.15, 0.2) is 30.3 Å². The number of hydrogen-bond donors (Lipinski definition) is 2. The zero-order chi connectivity index (χ0) is 15.7. The lowest BCUT2D eigenvalue weighted by Gasteiger charge is -2.36. The number of benzene rings is 1. The van der Waals surface area contributed by atoms with Gasteiger partial charge in [0.2, 0.25) is 5.91 Å². The monoisotopic (exact) mass is 293 g/mol. The Labute approximate surface area is 127 Å². The van der Waals surface area contributed by atoms with Gasteiger partial charge >= 0.3 is 0 Å². The molecule has 0 heterocycles. The molecular formula is C16H27N3O2. The highest BCUT2D eigenvalue weighted by molar-refractivity contribution is 5.86. The molecule has 5 nitrogen and oxygen atoms in total. The van der Waals surface area contributed by atoms with Crippen molar-refractivity contribution in [2.24, 2.45) is 5.73 Å². The summed E-state index contributed by atoms with van der Waals surface area (Å²) in [6.07, 6.45) is 0. The van der Waals surface area contributed by atoms with Gasteiger partial charge in [0.05, 0.1) is 6.61 Å². The quantitative estimate of drug-likeness (QED) is 0.674. The van der Waals surface area contributed by atoms with Gasteiger partial charge in [0, 0.05) is 20.2 Å². The Morgan fingerprint density at radius 3 is 2.48 bits per heavy atom. The molecule has 21 heavy (non-hydrogen) atoms. The summed E-state index contributed by atoms with van der Waals surface area (Å²) in [6.45, 7) is 7.46. The molecule has 0 aromatic heterocycles. The molecule has 0 aliphatic rings. The van der Waals surface area contributed by atoms with E-state index in [4.69, 9.17) is 10.5 Å². The summed E-state index contributed by atoms with van der Waals surface area (Å²) in [4.78, 5) is 14.4. The molecule has 0 aliphatic carbocycles. The number of nitrogens with zero attached hydrogens (tertiary/aromatic N) is 1. The van der Waals surface area contributed by atoms with E-state index in [-0.39, 0.29) is 5.91 Å². The number of primary amides is 1. The summed E-state index contributed by atoms with van der Waals surface area (Å²) in [7, 11) is 1.68. The predicted molar refractivity (Wildman–Crippen MR) is 85.0 cm³/mol. The van der Waals surface area contributed by atoms with Gasteiger partial charge < -0.3 is 10.5 Å². The van der Waals surface area contributed by atoms with E-state index in [0.717, 1.165) is 18.7 Å². The maximum absolute atomic E-state index is 12.2. The average Bonchev–Trinajstić information content (AvgIpc) is 2.51. The zero-order valence-electron chi connectivity index (χ0n) is 13.3. The molecular weight excluding hydrogens is 266 g/mol. The van der Waals surface area contributed by atoms with E-state index >= 15 is 0 Å². The summed E-state index contributed by atoms with van der Waals surface area (Å²) >= 11 is 0. The Hall–Kier alpha value is -1.43. The first kappa shape index (κ1) is 17.6. The van der Waals surface area contributed by atoms with Crippen LogP contribution in [0.25, 0.3) is 0 Å². The lowest BCUT2D eigenvalue weighted by atomic mass is 9.88. The number of methoxy groups -OCH3 is 1. The molecule has 1 amide bonds. The Morgan fingerprint density at radius 2 is 2.00 bits per heavy atom. The molecule has 0 radical (unpaired) electrons. The van der Waals surface area contributed by atoms with Crippen LogP contribution in [0.2, 0.25) is 0 Å². The minimum atomic E-state index is -0.875. The largest absolute Gasteiger partial charge is 0.383 e. The van der Waals surface area contributed by atoms with Crippen molar-refractivity contribution in [3.63, 3.8) is 0 Å². The second-order valence-electron chi connectivity index (χ2n) is 5.03. The van der Waals surface area contributed by atoms with Crippen LogP contribution >= 0.6 is 0 Å². The normalized spacial score (nSPS) is 14.1. The van der Waals surface area contributed by atoms with Crippen molar-refractivity contribution in [2.75, 3.05) is 39.9 Å². The topological polar surface area (TPSA) is 67.6 Å². The summed E-state index contributed by atoms with van der Waals surface area (Å²) in [5.74, 6) is -0.355. The number of nitrogens with one attached hydrogen (secondary N) is 1. The molecule has 1 aromatic rings. The predicted octanol–water partition coefficient (Wildman–Crippen LogP) is 0.945. The van der Waals surface area contributed by atoms with Crippen molar-refractivity contribution in [1.82, 2.24) is 10.2 Å². The summed E-state index contributed by atoms with van der Waals surface area (Å²) < 4.78 is 5.14. The van der Waals surface area contributed by atoms with Crippen LogP contribution in [-0.2, 0) is 15.1 Å². The maximum atomic E-state index is 12.2. The highest BCUT2D eigenvalue weighted by atomic mass is 16.5. The molecule has 3 N–H and O–H groups in total. The van der Waals surface area contributed by atoms with E-state index in [2.05, 4.69) is 17.1 Å². The Morgan fingerprint density at radius 1 is 1.33 bits per heavy atom. The van der Waals surface area contributed by atoms with Crippen molar-refractivity contribution in [1.29, 1.82) is 0 Å². The molecule has 0 aliphatic heterocycles. The lowest BCUT2D eigenvalue weighted by molar-refractivity contribution is -0.125. The third-order valence-corrected chi connectivity index (χ3v) is 3.69. The Kier molecular flexibility index (Phi) is 7.36. The number of hydrogen-bond acceptors (Lipinski definition) is 4. The summed E-state index contributed by atoms with van der Waals surface area (Å²) in [5, 5.41) is 3.30. The number of amides is 1. The molecule has 1 unspecified atom stereocenters. The van der Waals surface area contributed by atoms with Crippen LogP contribution in [0.4, 0.5) is 0 Å². The second-order valence-corrected chi connectivity index (χ2v) is 5.03. The molecule has 1 aromatic carbocycles. The van der Waals surface area contributed by atoms with Crippen molar-refractivity contribution in [3.05, 3.63) is 35.9 Å². The van der Waals surface area contributed by atoms with Gasteiger partial charge in [-0.2, -0.15) is 0 Å². The molecule has 0 fully saturated rings. The van der Waals surface area contributed by atoms with Gasteiger partial charge in [-0.05, 0) is 18.7 Å². The van der Waals surface area contributed by atoms with Gasteiger partial charge in [0.25, 0.3) is 0 Å². The van der Waals surface area contributed by atoms with Gasteiger partial charge in [0.15, 0.2) is 0 Å². The first-order chi connectivity index (χ1) is 10.1. The highest BCUT2D eigenvalue weighted by Crippen LogP contribution is 2.22. The number of ether oxygens (including phenoxy) is 1. The van der Waals surface area contributed by atoms with Crippen LogP contribution in [-0.4, -0.2) is 50.7 Å². The number of carbonyl (C=O) groups is 1. The van der Waals surface area contributed by atoms with Gasteiger partial charge in [-0.3, -0.25) is 15.0 Å². The highest BCUT2D eigenvalue weighted by Gasteiger charge is 2.39. The number of likely N-dealkylation sites (N-methyl/N-ethyl adjacent to an activating group) is 2. The molecule has 0 spiro atoms.